The van der Waals surface area contributed by atoms with Gasteiger partial charge >= 0.3 is 0 Å². The van der Waals surface area contributed by atoms with Gasteiger partial charge in [-0.25, -0.2) is 13.4 Å². The number of sulfonamides is 1. The smallest absolute Gasteiger partial charge is 0.243 e. The fourth-order valence-electron chi connectivity index (χ4n) is 3.99. The van der Waals surface area contributed by atoms with Crippen LogP contribution in [0, 0.1) is 0 Å². The molecule has 3 heterocycles. The number of carbonyl (C=O) groups excluding carboxylic acids is 1. The summed E-state index contributed by atoms with van der Waals surface area (Å²) >= 11 is 0. The molecule has 1 fully saturated rings. The van der Waals surface area contributed by atoms with Crippen LogP contribution in [-0.4, -0.2) is 46.4 Å². The van der Waals surface area contributed by atoms with Crippen LogP contribution in [0.5, 0.6) is 0 Å². The van der Waals surface area contributed by atoms with Gasteiger partial charge in [0.05, 0.1) is 15.9 Å². The van der Waals surface area contributed by atoms with E-state index in [0.717, 1.165) is 24.8 Å². The van der Waals surface area contributed by atoms with Crippen molar-refractivity contribution in [1.82, 2.24) is 19.0 Å². The average Bonchev–Trinajstić information content (AvgIpc) is 3.37. The Morgan fingerprint density at radius 2 is 1.88 bits per heavy atom. The van der Waals surface area contributed by atoms with E-state index < -0.39 is 10.0 Å². The molecule has 1 saturated heterocycles. The molecule has 0 radical (unpaired) electrons. The summed E-state index contributed by atoms with van der Waals surface area (Å²) in [6, 6.07) is 6.79. The maximum absolute atomic E-state index is 13.0. The first-order chi connectivity index (χ1) is 15.6. The van der Waals surface area contributed by atoms with Gasteiger partial charge in [0.2, 0.25) is 15.9 Å². The third-order valence-corrected chi connectivity index (χ3v) is 7.88. The third-order valence-electron chi connectivity index (χ3n) is 5.99. The number of rotatable bonds is 6. The molecule has 1 N–H and O–H groups in total. The van der Waals surface area contributed by atoms with Gasteiger partial charge in [0.1, 0.15) is 11.6 Å². The van der Waals surface area contributed by atoms with Crippen LogP contribution in [0.4, 0.5) is 5.82 Å². The topological polar surface area (TPSA) is 110 Å². The first kappa shape index (κ1) is 23.4. The highest BCUT2D eigenvalue weighted by Crippen LogP contribution is 2.26. The van der Waals surface area contributed by atoms with E-state index in [1.54, 1.807) is 28.6 Å². The molecule has 2 aromatic heterocycles. The quantitative estimate of drug-likeness (QED) is 0.586. The molecule has 1 amide bonds. The lowest BCUT2D eigenvalue weighted by Gasteiger charge is -2.25. The highest BCUT2D eigenvalue weighted by atomic mass is 32.2. The van der Waals surface area contributed by atoms with Crippen molar-refractivity contribution in [2.24, 2.45) is 7.05 Å². The minimum Gasteiger partial charge on any atom is -0.359 e. The number of amides is 1. The molecule has 1 aromatic carbocycles. The van der Waals surface area contributed by atoms with Crippen molar-refractivity contribution in [3.63, 3.8) is 0 Å². The van der Waals surface area contributed by atoms with Crippen LogP contribution in [-0.2, 0) is 33.7 Å². The summed E-state index contributed by atoms with van der Waals surface area (Å²) in [6.45, 7) is 7.15. The number of aryl methyl sites for hydroxylation is 2. The Morgan fingerprint density at radius 1 is 1.15 bits per heavy atom. The van der Waals surface area contributed by atoms with Crippen molar-refractivity contribution in [2.75, 3.05) is 18.4 Å². The summed E-state index contributed by atoms with van der Waals surface area (Å²) in [7, 11) is -1.65. The zero-order valence-electron chi connectivity index (χ0n) is 19.6. The Balaban J connectivity index is 1.45. The predicted molar refractivity (Wildman–Crippen MR) is 125 cm³/mol. The molecule has 10 heteroatoms. The monoisotopic (exact) mass is 473 g/mol. The van der Waals surface area contributed by atoms with Gasteiger partial charge in [-0.3, -0.25) is 4.79 Å². The summed E-state index contributed by atoms with van der Waals surface area (Å²) in [6.07, 6.45) is 3.48. The second-order valence-electron chi connectivity index (χ2n) is 9.58. The molecule has 9 nitrogen and oxygen atoms in total. The number of imidazole rings is 1. The number of benzene rings is 1. The molecule has 0 spiro atoms. The summed E-state index contributed by atoms with van der Waals surface area (Å²) in [5.74, 6) is 1.61. The van der Waals surface area contributed by atoms with E-state index in [9.17, 15) is 13.2 Å². The Kier molecular flexibility index (Phi) is 6.32. The van der Waals surface area contributed by atoms with Gasteiger partial charge in [-0.15, -0.1) is 0 Å². The summed E-state index contributed by atoms with van der Waals surface area (Å²) in [4.78, 5) is 17.3. The van der Waals surface area contributed by atoms with E-state index in [-0.39, 0.29) is 22.6 Å². The molecular formula is C23H31N5O4S. The molecule has 3 aromatic rings. The van der Waals surface area contributed by atoms with Crippen LogP contribution in [0.1, 0.15) is 58.0 Å². The van der Waals surface area contributed by atoms with Crippen molar-refractivity contribution < 1.29 is 17.7 Å². The van der Waals surface area contributed by atoms with Gasteiger partial charge in [0.25, 0.3) is 0 Å². The molecule has 33 heavy (non-hydrogen) atoms. The molecule has 0 bridgehead atoms. The van der Waals surface area contributed by atoms with Crippen LogP contribution >= 0.6 is 0 Å². The van der Waals surface area contributed by atoms with Gasteiger partial charge in [-0.2, -0.15) is 4.31 Å². The second kappa shape index (κ2) is 8.90. The van der Waals surface area contributed by atoms with Crippen molar-refractivity contribution in [3.8, 4) is 0 Å². The van der Waals surface area contributed by atoms with E-state index in [2.05, 4.69) is 15.5 Å². The van der Waals surface area contributed by atoms with Crippen LogP contribution in [0.3, 0.4) is 0 Å². The molecule has 178 valence electrons. The van der Waals surface area contributed by atoms with E-state index >= 15 is 0 Å². The summed E-state index contributed by atoms with van der Waals surface area (Å²) < 4.78 is 34.8. The molecule has 0 unspecified atom stereocenters. The van der Waals surface area contributed by atoms with Gasteiger partial charge in [-0.05, 0) is 31.0 Å². The maximum atomic E-state index is 13.0. The van der Waals surface area contributed by atoms with Crippen molar-refractivity contribution in [1.29, 1.82) is 0 Å². The molecule has 1 aliphatic rings. The first-order valence-corrected chi connectivity index (χ1v) is 12.7. The molecule has 1 aliphatic heterocycles. The molecular weight excluding hydrogens is 442 g/mol. The Bertz CT molecular complexity index is 1260. The van der Waals surface area contributed by atoms with E-state index in [0.29, 0.717) is 42.4 Å². The normalized spacial score (nSPS) is 15.8. The van der Waals surface area contributed by atoms with Crippen LogP contribution in [0.2, 0.25) is 0 Å². The summed E-state index contributed by atoms with van der Waals surface area (Å²) in [5.41, 5.74) is 1.25. The van der Waals surface area contributed by atoms with Gasteiger partial charge in [0.15, 0.2) is 5.82 Å². The number of hydrogen-bond acceptors (Lipinski definition) is 6. The van der Waals surface area contributed by atoms with Crippen molar-refractivity contribution >= 4 is 32.8 Å². The lowest BCUT2D eigenvalue weighted by Crippen LogP contribution is -2.35. The second-order valence-corrected chi connectivity index (χ2v) is 11.5. The molecule has 4 rings (SSSR count). The highest BCUT2D eigenvalue weighted by molar-refractivity contribution is 7.89. The Hall–Kier alpha value is -2.72. The number of nitrogens with one attached hydrogen (secondary N) is 1. The van der Waals surface area contributed by atoms with E-state index in [1.807, 2.05) is 32.4 Å². The number of anilines is 1. The lowest BCUT2D eigenvalue weighted by molar-refractivity contribution is -0.116. The number of hydrogen-bond donors (Lipinski definition) is 1. The van der Waals surface area contributed by atoms with Crippen molar-refractivity contribution in [3.05, 3.63) is 35.9 Å². The largest absolute Gasteiger partial charge is 0.359 e. The minimum absolute atomic E-state index is 0.191. The van der Waals surface area contributed by atoms with E-state index in [4.69, 9.17) is 4.52 Å². The van der Waals surface area contributed by atoms with Gasteiger partial charge in [0, 0.05) is 44.5 Å². The van der Waals surface area contributed by atoms with Crippen molar-refractivity contribution in [2.45, 2.75) is 63.2 Å². The number of nitrogens with zero attached hydrogens (tertiary/aromatic N) is 4. The zero-order valence-corrected chi connectivity index (χ0v) is 20.4. The SMILES string of the molecule is Cn1c(CCC(=O)Nc2cc(C(C)(C)C)on2)nc2cc(S(=O)(=O)N3CCCCC3)ccc21. The molecule has 0 saturated carbocycles. The average molecular weight is 474 g/mol. The maximum Gasteiger partial charge on any atom is 0.243 e. The Morgan fingerprint density at radius 3 is 2.55 bits per heavy atom. The number of carbonyl (C=O) groups is 1. The number of fused-ring (bicyclic) bond motifs is 1. The van der Waals surface area contributed by atoms with Gasteiger partial charge < -0.3 is 14.4 Å². The standard InChI is InChI=1S/C23H31N5O4S/c1-23(2,3)19-15-20(26-32-19)25-22(29)11-10-21-24-17-14-16(8-9-18(17)27(21)4)33(30,31)28-12-6-5-7-13-28/h8-9,14-15H,5-7,10-13H2,1-4H3,(H,25,26,29). The summed E-state index contributed by atoms with van der Waals surface area (Å²) in [5, 5.41) is 6.67. The number of aromatic nitrogens is 3. The van der Waals surface area contributed by atoms with Crippen LogP contribution in [0.25, 0.3) is 11.0 Å². The third kappa shape index (κ3) is 4.96. The Labute approximate surface area is 194 Å². The van der Waals surface area contributed by atoms with E-state index in [1.165, 1.54) is 0 Å². The number of piperidine rings is 1. The zero-order chi connectivity index (χ0) is 23.8. The van der Waals surface area contributed by atoms with Crippen LogP contribution in [0.15, 0.2) is 33.7 Å². The molecule has 0 atom stereocenters. The highest BCUT2D eigenvalue weighted by Gasteiger charge is 2.26. The molecule has 0 aliphatic carbocycles. The lowest BCUT2D eigenvalue weighted by atomic mass is 9.93. The van der Waals surface area contributed by atoms with Gasteiger partial charge in [-0.1, -0.05) is 32.3 Å². The predicted octanol–water partition coefficient (Wildman–Crippen LogP) is 3.60. The van der Waals surface area contributed by atoms with Crippen LogP contribution < -0.4 is 5.32 Å². The fraction of sp³-hybridized carbons (Fsp3) is 0.522. The minimum atomic E-state index is -3.52. The first-order valence-electron chi connectivity index (χ1n) is 11.3. The fourth-order valence-corrected chi connectivity index (χ4v) is 5.52.